The molecule has 0 saturated heterocycles. The molecule has 0 aromatic carbocycles. The molecule has 3 atom stereocenters. The molecule has 2 bridgehead atoms. The number of carbonyl (C=O) groups is 3. The highest BCUT2D eigenvalue weighted by molar-refractivity contribution is 5.91. The number of esters is 2. The molecule has 2 aliphatic carbocycles. The summed E-state index contributed by atoms with van der Waals surface area (Å²) in [6, 6.07) is 0. The van der Waals surface area contributed by atoms with Crippen molar-refractivity contribution in [3.05, 3.63) is 24.8 Å². The number of fused-ring (bicyclic) bond motifs is 2. The topological polar surface area (TPSA) is 89.9 Å². The van der Waals surface area contributed by atoms with E-state index in [1.54, 1.807) is 0 Å². The number of hydrogen-bond acceptors (Lipinski definition) is 5. The van der Waals surface area contributed by atoms with E-state index in [0.29, 0.717) is 12.5 Å². The van der Waals surface area contributed by atoms with E-state index < -0.39 is 17.9 Å². The fourth-order valence-corrected chi connectivity index (χ4v) is 3.99. The number of rotatable bonds is 7. The molecular weight excluding hydrogens is 348 g/mol. The molecule has 0 aromatic rings. The summed E-state index contributed by atoms with van der Waals surface area (Å²) in [4.78, 5) is 32.6. The third-order valence-corrected chi connectivity index (χ3v) is 6.24. The Hall–Kier alpha value is -2.11. The van der Waals surface area contributed by atoms with Gasteiger partial charge in [-0.25, -0.2) is 14.4 Å². The average Bonchev–Trinajstić information content (AvgIpc) is 2.94. The molecule has 6 nitrogen and oxygen atoms in total. The van der Waals surface area contributed by atoms with Crippen LogP contribution in [0.2, 0.25) is 0 Å². The lowest BCUT2D eigenvalue weighted by atomic mass is 9.70. The van der Waals surface area contributed by atoms with Gasteiger partial charge in [0.15, 0.2) is 0 Å². The number of aliphatic carboxylic acids is 1. The minimum Gasteiger partial charge on any atom is -0.478 e. The van der Waals surface area contributed by atoms with Gasteiger partial charge in [-0.15, -0.1) is 0 Å². The summed E-state index contributed by atoms with van der Waals surface area (Å²) in [6.45, 7) is 12.2. The van der Waals surface area contributed by atoms with Crippen LogP contribution in [0, 0.1) is 16.7 Å². The summed E-state index contributed by atoms with van der Waals surface area (Å²) in [5, 5.41) is 7.60. The monoisotopic (exact) mass is 380 g/mol. The van der Waals surface area contributed by atoms with E-state index in [2.05, 4.69) is 27.4 Å². The molecule has 1 N–H and O–H groups in total. The van der Waals surface area contributed by atoms with Crippen LogP contribution >= 0.6 is 0 Å². The maximum Gasteiger partial charge on any atom is 0.331 e. The van der Waals surface area contributed by atoms with Gasteiger partial charge in [-0.1, -0.05) is 40.7 Å². The van der Waals surface area contributed by atoms with Crippen LogP contribution in [0.5, 0.6) is 0 Å². The quantitative estimate of drug-likeness (QED) is 0.409. The second kappa shape index (κ2) is 9.72. The fraction of sp³-hybridized carbons (Fsp3) is 0.667. The molecule has 2 saturated carbocycles. The lowest BCUT2D eigenvalue weighted by molar-refractivity contribution is -0.151. The van der Waals surface area contributed by atoms with Crippen LogP contribution in [0.3, 0.4) is 0 Å². The molecule has 1 unspecified atom stereocenters. The SMILES string of the molecule is C=CC(=O)O.CCCCOC(=O)/C=C\C(=O)OC1C[C@H]2CC[C@@]1(C)C2(C)C. The number of hydrogen-bond donors (Lipinski definition) is 1. The molecule has 0 amide bonds. The first-order valence-corrected chi connectivity index (χ1v) is 9.49. The van der Waals surface area contributed by atoms with Crippen molar-refractivity contribution in [1.29, 1.82) is 0 Å². The van der Waals surface area contributed by atoms with E-state index in [1.807, 2.05) is 6.92 Å². The maximum atomic E-state index is 11.9. The van der Waals surface area contributed by atoms with Crippen LogP contribution in [0.15, 0.2) is 24.8 Å². The van der Waals surface area contributed by atoms with Gasteiger partial charge in [-0.3, -0.25) is 0 Å². The molecular formula is C21H32O6. The smallest absolute Gasteiger partial charge is 0.331 e. The van der Waals surface area contributed by atoms with E-state index in [0.717, 1.165) is 31.8 Å². The van der Waals surface area contributed by atoms with E-state index in [-0.39, 0.29) is 16.9 Å². The first kappa shape index (κ1) is 22.9. The van der Waals surface area contributed by atoms with Gasteiger partial charge in [0.1, 0.15) is 6.10 Å². The zero-order chi connectivity index (χ0) is 20.7. The minimum absolute atomic E-state index is 0.0444. The Morgan fingerprint density at radius 1 is 1.19 bits per heavy atom. The predicted molar refractivity (Wildman–Crippen MR) is 102 cm³/mol. The van der Waals surface area contributed by atoms with Crippen molar-refractivity contribution < 1.29 is 29.0 Å². The van der Waals surface area contributed by atoms with Crippen LogP contribution in [0.25, 0.3) is 0 Å². The van der Waals surface area contributed by atoms with E-state index >= 15 is 0 Å². The molecule has 0 aliphatic heterocycles. The number of ether oxygens (including phenoxy) is 2. The maximum absolute atomic E-state index is 11.9. The van der Waals surface area contributed by atoms with Crippen LogP contribution in [-0.2, 0) is 23.9 Å². The Morgan fingerprint density at radius 3 is 2.22 bits per heavy atom. The van der Waals surface area contributed by atoms with Gasteiger partial charge in [0, 0.05) is 23.6 Å². The highest BCUT2D eigenvalue weighted by Crippen LogP contribution is 2.66. The average molecular weight is 380 g/mol. The zero-order valence-corrected chi connectivity index (χ0v) is 16.8. The van der Waals surface area contributed by atoms with E-state index in [9.17, 15) is 14.4 Å². The van der Waals surface area contributed by atoms with Gasteiger partial charge in [0.2, 0.25) is 0 Å². The zero-order valence-electron chi connectivity index (χ0n) is 16.8. The lowest BCUT2D eigenvalue weighted by Crippen LogP contribution is -2.38. The van der Waals surface area contributed by atoms with Crippen molar-refractivity contribution in [1.82, 2.24) is 0 Å². The largest absolute Gasteiger partial charge is 0.478 e. The summed E-state index contributed by atoms with van der Waals surface area (Å²) in [5.41, 5.74) is 0.254. The van der Waals surface area contributed by atoms with Crippen LogP contribution < -0.4 is 0 Å². The van der Waals surface area contributed by atoms with Gasteiger partial charge in [0.05, 0.1) is 6.61 Å². The van der Waals surface area contributed by atoms with E-state index in [1.165, 1.54) is 18.6 Å². The summed E-state index contributed by atoms with van der Waals surface area (Å²) in [6.07, 6.45) is 8.20. The van der Waals surface area contributed by atoms with Gasteiger partial charge >= 0.3 is 17.9 Å². The second-order valence-corrected chi connectivity index (χ2v) is 7.93. The normalized spacial score (nSPS) is 27.6. The minimum atomic E-state index is -0.981. The Labute approximate surface area is 161 Å². The van der Waals surface area contributed by atoms with Crippen LogP contribution in [0.1, 0.15) is 59.8 Å². The molecule has 2 rings (SSSR count). The Balaban J connectivity index is 0.000000646. The van der Waals surface area contributed by atoms with Crippen molar-refractivity contribution in [2.24, 2.45) is 16.7 Å². The first-order valence-electron chi connectivity index (χ1n) is 9.49. The van der Waals surface area contributed by atoms with Crippen molar-refractivity contribution in [2.75, 3.05) is 6.61 Å². The number of carboxylic acids is 1. The van der Waals surface area contributed by atoms with Crippen molar-refractivity contribution >= 4 is 17.9 Å². The number of carbonyl (C=O) groups excluding carboxylic acids is 2. The highest BCUT2D eigenvalue weighted by atomic mass is 16.5. The van der Waals surface area contributed by atoms with Crippen LogP contribution in [0.4, 0.5) is 0 Å². The number of unbranched alkanes of at least 4 members (excludes halogenated alkanes) is 1. The summed E-state index contributed by atoms with van der Waals surface area (Å²) < 4.78 is 10.6. The first-order chi connectivity index (χ1) is 12.6. The molecule has 0 spiro atoms. The van der Waals surface area contributed by atoms with Gasteiger partial charge < -0.3 is 14.6 Å². The fourth-order valence-electron chi connectivity index (χ4n) is 3.99. The molecule has 27 heavy (non-hydrogen) atoms. The van der Waals surface area contributed by atoms with Gasteiger partial charge in [-0.2, -0.15) is 0 Å². The summed E-state index contributed by atoms with van der Waals surface area (Å²) >= 11 is 0. The summed E-state index contributed by atoms with van der Waals surface area (Å²) in [5.74, 6) is -1.28. The second-order valence-electron chi connectivity index (χ2n) is 7.93. The molecule has 0 radical (unpaired) electrons. The van der Waals surface area contributed by atoms with E-state index in [4.69, 9.17) is 14.6 Å². The lowest BCUT2D eigenvalue weighted by Gasteiger charge is -2.38. The molecule has 2 aliphatic rings. The third-order valence-electron chi connectivity index (χ3n) is 6.24. The van der Waals surface area contributed by atoms with Crippen LogP contribution in [-0.4, -0.2) is 35.7 Å². The molecule has 2 fully saturated rings. The standard InChI is InChI=1S/C18H28O4.C3H4O2/c1-5-6-11-21-15(19)7-8-16(20)22-14-12-13-9-10-18(14,4)17(13,2)3;1-2-3(4)5/h7-8,13-14H,5-6,9-12H2,1-4H3;2H,1H2,(H,4,5)/b8-7-;/t13-,14?,18-;/m1./s1. The molecule has 0 aromatic heterocycles. The Kier molecular flexibility index (Phi) is 8.25. The van der Waals surface area contributed by atoms with Gasteiger partial charge in [-0.05, 0) is 37.0 Å². The van der Waals surface area contributed by atoms with Crippen molar-refractivity contribution in [3.8, 4) is 0 Å². The van der Waals surface area contributed by atoms with Crippen molar-refractivity contribution in [3.63, 3.8) is 0 Å². The van der Waals surface area contributed by atoms with Crippen molar-refractivity contribution in [2.45, 2.75) is 65.9 Å². The highest BCUT2D eigenvalue weighted by Gasteiger charge is 2.62. The Morgan fingerprint density at radius 2 is 1.78 bits per heavy atom. The molecule has 0 heterocycles. The third kappa shape index (κ3) is 5.68. The number of carboxylic acid groups (broad SMARTS) is 1. The molecule has 6 heteroatoms. The summed E-state index contributed by atoms with van der Waals surface area (Å²) in [7, 11) is 0. The van der Waals surface area contributed by atoms with Gasteiger partial charge in [0.25, 0.3) is 0 Å². The predicted octanol–water partition coefficient (Wildman–Crippen LogP) is 3.90. The molecule has 152 valence electrons. The Bertz CT molecular complexity index is 591.